The highest BCUT2D eigenvalue weighted by Crippen LogP contribution is 2.19. The predicted molar refractivity (Wildman–Crippen MR) is 345 cm³/mol. The third kappa shape index (κ3) is 64.5. The van der Waals surface area contributed by atoms with E-state index in [4.69, 9.17) is 0 Å². The second-order valence-electron chi connectivity index (χ2n) is 23.6. The average Bonchev–Trinajstić information content (AvgIpc) is 3.43. The van der Waals surface area contributed by atoms with Gasteiger partial charge in [-0.05, 0) is 64.2 Å². The van der Waals surface area contributed by atoms with Crippen molar-refractivity contribution in [3.05, 3.63) is 72.9 Å². The Labute approximate surface area is 482 Å². The summed E-state index contributed by atoms with van der Waals surface area (Å²) in [6.45, 7) is 4.28. The van der Waals surface area contributed by atoms with E-state index in [1.807, 2.05) is 0 Å². The monoisotopic (exact) mass is 1070 g/mol. The van der Waals surface area contributed by atoms with Crippen molar-refractivity contribution in [2.45, 2.75) is 379 Å². The summed E-state index contributed by atoms with van der Waals surface area (Å²) >= 11 is 0. The standard InChI is InChI=1S/C73H135NO3/c1-3-5-7-9-11-13-15-17-19-21-23-25-27-29-31-33-34-35-36-37-38-39-40-41-43-45-47-49-51-53-55-57-59-61-63-65-67-69-73(77)74-71(70-75)72(76)68-66-64-62-60-58-56-54-52-50-48-46-44-42-32-30-28-26-24-22-20-18-16-14-12-10-8-6-4-2/h5,7,11,13,17,19,23,25,29,31,34-35,71-72,75-76H,3-4,6,8-10,12,14-16,18,20-22,24,26-28,30,32-33,36-70H2,1-2H3,(H,74,77)/b7-5-,13-11-,19-17-,25-23-,31-29-,35-34-. The molecular weight excluding hydrogens is 939 g/mol. The number of carbonyl (C=O) groups excluding carboxylic acids is 1. The molecule has 0 aliphatic carbocycles. The Morgan fingerprint density at radius 1 is 0.325 bits per heavy atom. The number of nitrogens with one attached hydrogen (secondary N) is 1. The van der Waals surface area contributed by atoms with Crippen LogP contribution in [-0.4, -0.2) is 34.9 Å². The smallest absolute Gasteiger partial charge is 0.220 e. The summed E-state index contributed by atoms with van der Waals surface area (Å²) in [7, 11) is 0. The predicted octanol–water partition coefficient (Wildman–Crippen LogP) is 23.7. The summed E-state index contributed by atoms with van der Waals surface area (Å²) in [6, 6.07) is -0.539. The van der Waals surface area contributed by atoms with Gasteiger partial charge in [-0.1, -0.05) is 369 Å². The molecule has 2 atom stereocenters. The van der Waals surface area contributed by atoms with Crippen molar-refractivity contribution in [2.75, 3.05) is 6.61 Å². The fourth-order valence-electron chi connectivity index (χ4n) is 10.8. The molecule has 0 radical (unpaired) electrons. The SMILES string of the molecule is CC/C=C\C/C=C\C/C=C\C/C=C\C/C=C\C/C=C\CCCCCCCCCCCCCCCCCCCCC(=O)NC(CO)C(O)CCCCCCCCCCCCCCCCCCCCCCCCCCCCCC. The lowest BCUT2D eigenvalue weighted by atomic mass is 10.0. The molecule has 0 aromatic rings. The molecule has 0 aliphatic rings. The zero-order chi connectivity index (χ0) is 55.5. The third-order valence-corrected chi connectivity index (χ3v) is 16.0. The van der Waals surface area contributed by atoms with E-state index in [9.17, 15) is 15.0 Å². The first-order valence-electron chi connectivity index (χ1n) is 34.6. The molecule has 0 aliphatic heterocycles. The number of amides is 1. The number of hydrogen-bond donors (Lipinski definition) is 3. The highest BCUT2D eigenvalue weighted by Gasteiger charge is 2.20. The molecule has 450 valence electrons. The normalized spacial score (nSPS) is 13.1. The molecule has 4 nitrogen and oxygen atoms in total. The molecule has 0 aromatic carbocycles. The van der Waals surface area contributed by atoms with Crippen molar-refractivity contribution in [1.29, 1.82) is 0 Å². The van der Waals surface area contributed by atoms with Gasteiger partial charge in [0.2, 0.25) is 5.91 Å². The van der Waals surface area contributed by atoms with Crippen molar-refractivity contribution in [3.8, 4) is 0 Å². The summed E-state index contributed by atoms with van der Waals surface area (Å²) in [5, 5.41) is 23.5. The maximum Gasteiger partial charge on any atom is 0.220 e. The number of rotatable bonds is 64. The summed E-state index contributed by atoms with van der Waals surface area (Å²) < 4.78 is 0. The van der Waals surface area contributed by atoms with Gasteiger partial charge in [0.05, 0.1) is 18.8 Å². The van der Waals surface area contributed by atoms with Gasteiger partial charge in [0.25, 0.3) is 0 Å². The second kappa shape index (κ2) is 68.1. The van der Waals surface area contributed by atoms with Gasteiger partial charge in [0.15, 0.2) is 0 Å². The van der Waals surface area contributed by atoms with Crippen LogP contribution in [0.25, 0.3) is 0 Å². The summed E-state index contributed by atoms with van der Waals surface area (Å²) in [5.41, 5.74) is 0. The lowest BCUT2D eigenvalue weighted by molar-refractivity contribution is -0.123. The maximum atomic E-state index is 12.6. The number of unbranched alkanes of at least 4 members (excludes halogenated alkanes) is 45. The maximum absolute atomic E-state index is 12.6. The minimum absolute atomic E-state index is 0.0260. The van der Waals surface area contributed by atoms with Crippen LogP contribution < -0.4 is 5.32 Å². The number of aliphatic hydroxyl groups excluding tert-OH is 2. The Morgan fingerprint density at radius 3 is 0.857 bits per heavy atom. The highest BCUT2D eigenvalue weighted by molar-refractivity contribution is 5.76. The molecule has 3 N–H and O–H groups in total. The molecule has 77 heavy (non-hydrogen) atoms. The Bertz CT molecular complexity index is 1310. The van der Waals surface area contributed by atoms with Crippen molar-refractivity contribution < 1.29 is 15.0 Å². The van der Waals surface area contributed by atoms with Gasteiger partial charge in [0.1, 0.15) is 0 Å². The summed E-state index contributed by atoms with van der Waals surface area (Å²) in [6.07, 6.45) is 98.1. The Balaban J connectivity index is 3.42. The van der Waals surface area contributed by atoms with E-state index in [1.165, 1.54) is 276 Å². The van der Waals surface area contributed by atoms with E-state index in [2.05, 4.69) is 92.1 Å². The molecule has 0 saturated heterocycles. The van der Waals surface area contributed by atoms with E-state index >= 15 is 0 Å². The minimum atomic E-state index is -0.663. The Kier molecular flexibility index (Phi) is 66.2. The van der Waals surface area contributed by atoms with Crippen molar-refractivity contribution in [2.24, 2.45) is 0 Å². The lowest BCUT2D eigenvalue weighted by Gasteiger charge is -2.22. The fraction of sp³-hybridized carbons (Fsp3) is 0.822. The number of aliphatic hydroxyl groups is 2. The van der Waals surface area contributed by atoms with Crippen LogP contribution in [0.3, 0.4) is 0 Å². The van der Waals surface area contributed by atoms with E-state index in [-0.39, 0.29) is 12.5 Å². The largest absolute Gasteiger partial charge is 0.394 e. The molecule has 4 heteroatoms. The topological polar surface area (TPSA) is 69.6 Å². The zero-order valence-corrected chi connectivity index (χ0v) is 52.0. The van der Waals surface area contributed by atoms with Crippen LogP contribution in [0.1, 0.15) is 367 Å². The van der Waals surface area contributed by atoms with Gasteiger partial charge in [-0.25, -0.2) is 0 Å². The van der Waals surface area contributed by atoms with E-state index in [0.717, 1.165) is 64.2 Å². The van der Waals surface area contributed by atoms with E-state index in [0.29, 0.717) is 12.8 Å². The number of carbonyl (C=O) groups is 1. The molecule has 0 heterocycles. The van der Waals surface area contributed by atoms with Crippen LogP contribution in [0.4, 0.5) is 0 Å². The molecule has 0 saturated carbocycles. The lowest BCUT2D eigenvalue weighted by Crippen LogP contribution is -2.45. The summed E-state index contributed by atoms with van der Waals surface area (Å²) in [4.78, 5) is 12.6. The molecule has 0 rings (SSSR count). The molecule has 2 unspecified atom stereocenters. The quantitative estimate of drug-likeness (QED) is 0.0420. The first-order chi connectivity index (χ1) is 38.2. The summed E-state index contributed by atoms with van der Waals surface area (Å²) in [5.74, 6) is -0.0260. The van der Waals surface area contributed by atoms with E-state index in [1.54, 1.807) is 0 Å². The first kappa shape index (κ1) is 74.8. The minimum Gasteiger partial charge on any atom is -0.394 e. The second-order valence-corrected chi connectivity index (χ2v) is 23.6. The number of hydrogen-bond acceptors (Lipinski definition) is 3. The van der Waals surface area contributed by atoms with Crippen LogP contribution in [0.5, 0.6) is 0 Å². The molecule has 0 fully saturated rings. The van der Waals surface area contributed by atoms with Gasteiger partial charge in [-0.3, -0.25) is 4.79 Å². The van der Waals surface area contributed by atoms with Crippen molar-refractivity contribution in [1.82, 2.24) is 5.32 Å². The van der Waals surface area contributed by atoms with Gasteiger partial charge in [-0.15, -0.1) is 0 Å². The van der Waals surface area contributed by atoms with Gasteiger partial charge < -0.3 is 15.5 Å². The molecule has 0 aromatic heterocycles. The highest BCUT2D eigenvalue weighted by atomic mass is 16.3. The molecule has 1 amide bonds. The zero-order valence-electron chi connectivity index (χ0n) is 52.0. The molecular formula is C73H135NO3. The van der Waals surface area contributed by atoms with Crippen LogP contribution in [0.2, 0.25) is 0 Å². The van der Waals surface area contributed by atoms with Crippen molar-refractivity contribution in [3.63, 3.8) is 0 Å². The Morgan fingerprint density at radius 2 is 0.571 bits per heavy atom. The molecule has 0 spiro atoms. The van der Waals surface area contributed by atoms with E-state index < -0.39 is 12.1 Å². The van der Waals surface area contributed by atoms with Gasteiger partial charge in [-0.2, -0.15) is 0 Å². The van der Waals surface area contributed by atoms with Gasteiger partial charge >= 0.3 is 0 Å². The van der Waals surface area contributed by atoms with Crippen LogP contribution >= 0.6 is 0 Å². The van der Waals surface area contributed by atoms with Crippen LogP contribution in [0.15, 0.2) is 72.9 Å². The van der Waals surface area contributed by atoms with Gasteiger partial charge in [0, 0.05) is 6.42 Å². The Hall–Kier alpha value is -2.17. The first-order valence-corrected chi connectivity index (χ1v) is 34.6. The van der Waals surface area contributed by atoms with Crippen molar-refractivity contribution >= 4 is 5.91 Å². The van der Waals surface area contributed by atoms with Crippen LogP contribution in [0, 0.1) is 0 Å². The fourth-order valence-corrected chi connectivity index (χ4v) is 10.8. The molecule has 0 bridgehead atoms. The van der Waals surface area contributed by atoms with Crippen LogP contribution in [-0.2, 0) is 4.79 Å². The average molecular weight is 1070 g/mol. The number of allylic oxidation sites excluding steroid dienone is 12. The third-order valence-electron chi connectivity index (χ3n) is 16.0.